The van der Waals surface area contributed by atoms with Gasteiger partial charge in [0.05, 0.1) is 6.04 Å². The Hall–Kier alpha value is -2.39. The normalized spacial score (nSPS) is 23.0. The number of amides is 1. The zero-order valence-electron chi connectivity index (χ0n) is 15.1. The SMILES string of the molecule is C=CC1CC1C(=O)N1CCN(C(c2ccccc2)c2ccccc2)CC1. The maximum Gasteiger partial charge on any atom is 0.226 e. The summed E-state index contributed by atoms with van der Waals surface area (Å²) in [4.78, 5) is 17.2. The van der Waals surface area contributed by atoms with Crippen molar-refractivity contribution < 1.29 is 4.79 Å². The highest BCUT2D eigenvalue weighted by Gasteiger charge is 2.43. The highest BCUT2D eigenvalue weighted by Crippen LogP contribution is 2.41. The first-order valence-electron chi connectivity index (χ1n) is 9.53. The zero-order valence-corrected chi connectivity index (χ0v) is 15.1. The lowest BCUT2D eigenvalue weighted by Gasteiger charge is -2.40. The van der Waals surface area contributed by atoms with Crippen molar-refractivity contribution >= 4 is 5.91 Å². The number of allylic oxidation sites excluding steroid dienone is 1. The Morgan fingerprint density at radius 3 is 1.92 bits per heavy atom. The Morgan fingerprint density at radius 1 is 0.923 bits per heavy atom. The quantitative estimate of drug-likeness (QED) is 0.770. The van der Waals surface area contributed by atoms with Crippen LogP contribution >= 0.6 is 0 Å². The van der Waals surface area contributed by atoms with Gasteiger partial charge in [0.25, 0.3) is 0 Å². The molecule has 1 heterocycles. The van der Waals surface area contributed by atoms with Crippen LogP contribution in [0.3, 0.4) is 0 Å². The number of piperazine rings is 1. The summed E-state index contributed by atoms with van der Waals surface area (Å²) in [7, 11) is 0. The van der Waals surface area contributed by atoms with Crippen molar-refractivity contribution in [2.75, 3.05) is 26.2 Å². The van der Waals surface area contributed by atoms with E-state index in [9.17, 15) is 4.79 Å². The van der Waals surface area contributed by atoms with E-state index < -0.39 is 0 Å². The van der Waals surface area contributed by atoms with Gasteiger partial charge in [-0.2, -0.15) is 0 Å². The molecular weight excluding hydrogens is 320 g/mol. The van der Waals surface area contributed by atoms with E-state index >= 15 is 0 Å². The van der Waals surface area contributed by atoms with Crippen LogP contribution in [0.15, 0.2) is 73.3 Å². The number of hydrogen-bond acceptors (Lipinski definition) is 2. The monoisotopic (exact) mass is 346 g/mol. The van der Waals surface area contributed by atoms with Gasteiger partial charge in [0.1, 0.15) is 0 Å². The Kier molecular flexibility index (Phi) is 4.89. The van der Waals surface area contributed by atoms with Gasteiger partial charge in [-0.1, -0.05) is 66.7 Å². The van der Waals surface area contributed by atoms with Gasteiger partial charge in [-0.3, -0.25) is 9.69 Å². The third-order valence-corrected chi connectivity index (χ3v) is 5.68. The van der Waals surface area contributed by atoms with Crippen molar-refractivity contribution in [1.82, 2.24) is 9.80 Å². The highest BCUT2D eigenvalue weighted by atomic mass is 16.2. The van der Waals surface area contributed by atoms with E-state index in [1.54, 1.807) is 0 Å². The topological polar surface area (TPSA) is 23.6 Å². The fraction of sp³-hybridized carbons (Fsp3) is 0.348. The van der Waals surface area contributed by atoms with Crippen molar-refractivity contribution in [3.8, 4) is 0 Å². The number of rotatable bonds is 5. The molecule has 1 amide bonds. The Balaban J connectivity index is 1.48. The molecule has 4 rings (SSSR count). The van der Waals surface area contributed by atoms with Crippen molar-refractivity contribution in [3.63, 3.8) is 0 Å². The molecule has 2 aromatic carbocycles. The van der Waals surface area contributed by atoms with Gasteiger partial charge >= 0.3 is 0 Å². The highest BCUT2D eigenvalue weighted by molar-refractivity contribution is 5.82. The first kappa shape index (κ1) is 17.0. The maximum atomic E-state index is 12.6. The van der Waals surface area contributed by atoms with E-state index in [4.69, 9.17) is 0 Å². The van der Waals surface area contributed by atoms with Crippen LogP contribution < -0.4 is 0 Å². The van der Waals surface area contributed by atoms with Gasteiger partial charge in [-0.25, -0.2) is 0 Å². The molecule has 1 saturated heterocycles. The van der Waals surface area contributed by atoms with E-state index in [1.165, 1.54) is 11.1 Å². The molecule has 2 aliphatic rings. The summed E-state index contributed by atoms with van der Waals surface area (Å²) in [6.07, 6.45) is 2.92. The predicted molar refractivity (Wildman–Crippen MR) is 105 cm³/mol. The minimum Gasteiger partial charge on any atom is -0.340 e. The molecule has 2 fully saturated rings. The first-order chi connectivity index (χ1) is 12.8. The zero-order chi connectivity index (χ0) is 17.9. The van der Waals surface area contributed by atoms with Gasteiger partial charge in [-0.05, 0) is 23.5 Å². The van der Waals surface area contributed by atoms with Crippen molar-refractivity contribution in [2.24, 2.45) is 11.8 Å². The largest absolute Gasteiger partial charge is 0.340 e. The summed E-state index contributed by atoms with van der Waals surface area (Å²) < 4.78 is 0. The van der Waals surface area contributed by atoms with Crippen LogP contribution in [-0.2, 0) is 4.79 Å². The lowest BCUT2D eigenvalue weighted by atomic mass is 9.96. The summed E-state index contributed by atoms with van der Waals surface area (Å²) in [5.41, 5.74) is 2.62. The number of benzene rings is 2. The smallest absolute Gasteiger partial charge is 0.226 e. The third kappa shape index (κ3) is 3.45. The summed E-state index contributed by atoms with van der Waals surface area (Å²) in [6.45, 7) is 7.27. The van der Waals surface area contributed by atoms with Crippen molar-refractivity contribution in [1.29, 1.82) is 0 Å². The summed E-state index contributed by atoms with van der Waals surface area (Å²) in [5.74, 6) is 0.922. The number of carbonyl (C=O) groups is 1. The second-order valence-corrected chi connectivity index (χ2v) is 7.33. The van der Waals surface area contributed by atoms with Crippen LogP contribution in [0.25, 0.3) is 0 Å². The molecule has 1 saturated carbocycles. The Morgan fingerprint density at radius 2 is 1.46 bits per heavy atom. The molecule has 2 unspecified atom stereocenters. The number of carbonyl (C=O) groups excluding carboxylic acids is 1. The van der Waals surface area contributed by atoms with Gasteiger partial charge < -0.3 is 4.90 Å². The lowest BCUT2D eigenvalue weighted by Crippen LogP contribution is -2.50. The molecule has 0 N–H and O–H groups in total. The van der Waals surface area contributed by atoms with Crippen LogP contribution in [0, 0.1) is 11.8 Å². The molecule has 2 aromatic rings. The average Bonchev–Trinajstić information content (AvgIpc) is 3.50. The molecule has 0 spiro atoms. The van der Waals surface area contributed by atoms with Gasteiger partial charge in [0.15, 0.2) is 0 Å². The fourth-order valence-corrected chi connectivity index (χ4v) is 4.08. The molecule has 2 atom stereocenters. The summed E-state index contributed by atoms with van der Waals surface area (Å²) in [6, 6.07) is 21.6. The first-order valence-corrected chi connectivity index (χ1v) is 9.53. The molecule has 0 aromatic heterocycles. The van der Waals surface area contributed by atoms with Gasteiger partial charge in [0.2, 0.25) is 5.91 Å². The van der Waals surface area contributed by atoms with Crippen molar-refractivity contribution in [3.05, 3.63) is 84.4 Å². The van der Waals surface area contributed by atoms with Crippen LogP contribution in [0.2, 0.25) is 0 Å². The van der Waals surface area contributed by atoms with E-state index in [0.717, 1.165) is 32.6 Å². The van der Waals surface area contributed by atoms with E-state index in [-0.39, 0.29) is 12.0 Å². The average molecular weight is 346 g/mol. The van der Waals surface area contributed by atoms with E-state index in [0.29, 0.717) is 11.8 Å². The Labute approximate surface area is 155 Å². The van der Waals surface area contributed by atoms with Crippen LogP contribution in [0.4, 0.5) is 0 Å². The van der Waals surface area contributed by atoms with Gasteiger partial charge in [-0.15, -0.1) is 6.58 Å². The van der Waals surface area contributed by atoms with Crippen LogP contribution in [0.5, 0.6) is 0 Å². The van der Waals surface area contributed by atoms with Crippen LogP contribution in [0.1, 0.15) is 23.6 Å². The summed E-state index contributed by atoms with van der Waals surface area (Å²) >= 11 is 0. The molecule has 1 aliphatic carbocycles. The summed E-state index contributed by atoms with van der Waals surface area (Å²) in [5, 5.41) is 0. The minimum atomic E-state index is 0.193. The minimum absolute atomic E-state index is 0.193. The Bertz CT molecular complexity index is 711. The van der Waals surface area contributed by atoms with Gasteiger partial charge in [0, 0.05) is 32.1 Å². The fourth-order valence-electron chi connectivity index (χ4n) is 4.08. The third-order valence-electron chi connectivity index (χ3n) is 5.68. The standard InChI is InChI=1S/C23H26N2O/c1-2-18-17-21(18)23(26)25-15-13-24(14-16-25)22(19-9-5-3-6-10-19)20-11-7-4-8-12-20/h2-12,18,21-22H,1,13-17H2. The molecule has 0 bridgehead atoms. The van der Waals surface area contributed by atoms with Crippen LogP contribution in [-0.4, -0.2) is 41.9 Å². The molecule has 3 nitrogen and oxygen atoms in total. The lowest BCUT2D eigenvalue weighted by molar-refractivity contribution is -0.134. The second kappa shape index (κ2) is 7.46. The molecule has 134 valence electrons. The molecule has 3 heteroatoms. The predicted octanol–water partition coefficient (Wildman–Crippen LogP) is 3.74. The van der Waals surface area contributed by atoms with E-state index in [2.05, 4.69) is 77.0 Å². The number of hydrogen-bond donors (Lipinski definition) is 0. The molecule has 0 radical (unpaired) electrons. The molecule has 26 heavy (non-hydrogen) atoms. The molecular formula is C23H26N2O. The number of nitrogens with zero attached hydrogens (tertiary/aromatic N) is 2. The van der Waals surface area contributed by atoms with E-state index in [1.807, 2.05) is 6.08 Å². The second-order valence-electron chi connectivity index (χ2n) is 7.33. The van der Waals surface area contributed by atoms with Crippen molar-refractivity contribution in [2.45, 2.75) is 12.5 Å². The molecule has 1 aliphatic heterocycles. The maximum absolute atomic E-state index is 12.6.